The lowest BCUT2D eigenvalue weighted by Gasteiger charge is -2.12. The van der Waals surface area contributed by atoms with E-state index in [0.717, 1.165) is 26.2 Å². The van der Waals surface area contributed by atoms with Gasteiger partial charge in [-0.3, -0.25) is 4.90 Å². The Hall–Kier alpha value is -0.520. The molecule has 0 heterocycles. The molecule has 0 fully saturated rings. The zero-order valence-corrected chi connectivity index (χ0v) is 8.97. The van der Waals surface area contributed by atoms with Gasteiger partial charge in [-0.2, -0.15) is 0 Å². The van der Waals surface area contributed by atoms with Crippen molar-refractivity contribution < 1.29 is 0 Å². The molecule has 0 aromatic rings. The first-order valence-corrected chi connectivity index (χ1v) is 5.14. The van der Waals surface area contributed by atoms with E-state index < -0.39 is 0 Å². The second kappa shape index (κ2) is 9.57. The second-order valence-electron chi connectivity index (χ2n) is 3.36. The predicted octanol–water partition coefficient (Wildman–Crippen LogP) is 1.33. The van der Waals surface area contributed by atoms with E-state index in [2.05, 4.69) is 30.1 Å². The molecule has 2 nitrogen and oxygen atoms in total. The van der Waals surface area contributed by atoms with Crippen molar-refractivity contribution in [2.24, 2.45) is 0 Å². The van der Waals surface area contributed by atoms with Crippen LogP contribution in [0.4, 0.5) is 0 Å². The topological polar surface area (TPSA) is 15.3 Å². The smallest absolute Gasteiger partial charge is 0.0596 e. The van der Waals surface area contributed by atoms with Crippen molar-refractivity contribution in [1.82, 2.24) is 10.2 Å². The molecule has 2 heteroatoms. The van der Waals surface area contributed by atoms with E-state index in [4.69, 9.17) is 6.42 Å². The highest BCUT2D eigenvalue weighted by molar-refractivity contribution is 4.86. The van der Waals surface area contributed by atoms with Crippen molar-refractivity contribution in [3.63, 3.8) is 0 Å². The maximum atomic E-state index is 5.20. The number of nitrogens with zero attached hydrogens (tertiary/aromatic N) is 1. The lowest BCUT2D eigenvalue weighted by molar-refractivity contribution is 0.362. The van der Waals surface area contributed by atoms with Gasteiger partial charge in [-0.25, -0.2) is 0 Å². The third kappa shape index (κ3) is 9.39. The van der Waals surface area contributed by atoms with E-state index in [9.17, 15) is 0 Å². The Kier molecular flexibility index (Phi) is 9.18. The van der Waals surface area contributed by atoms with Crippen LogP contribution in [0.2, 0.25) is 0 Å². The second-order valence-corrected chi connectivity index (χ2v) is 3.36. The molecule has 0 amide bonds. The van der Waals surface area contributed by atoms with Crippen molar-refractivity contribution in [3.05, 3.63) is 0 Å². The molecule has 76 valence electrons. The summed E-state index contributed by atoms with van der Waals surface area (Å²) in [7, 11) is 2.07. The van der Waals surface area contributed by atoms with Crippen LogP contribution in [0.25, 0.3) is 0 Å². The lowest BCUT2D eigenvalue weighted by Crippen LogP contribution is -2.20. The molecule has 0 rings (SSSR count). The highest BCUT2D eigenvalue weighted by Crippen LogP contribution is 1.95. The van der Waals surface area contributed by atoms with Crippen LogP contribution in [0.3, 0.4) is 0 Å². The summed E-state index contributed by atoms with van der Waals surface area (Å²) in [5, 5.41) is 3.32. The Morgan fingerprint density at radius 3 is 2.69 bits per heavy atom. The van der Waals surface area contributed by atoms with E-state index in [1.165, 1.54) is 19.3 Å². The minimum Gasteiger partial charge on any atom is -0.317 e. The van der Waals surface area contributed by atoms with Crippen LogP contribution in [-0.4, -0.2) is 38.1 Å². The summed E-state index contributed by atoms with van der Waals surface area (Å²) in [5.41, 5.74) is 0. The molecule has 0 saturated heterocycles. The normalized spacial score (nSPS) is 10.3. The van der Waals surface area contributed by atoms with Crippen LogP contribution < -0.4 is 5.32 Å². The fourth-order valence-corrected chi connectivity index (χ4v) is 1.22. The van der Waals surface area contributed by atoms with Crippen LogP contribution in [0.5, 0.6) is 0 Å². The minimum absolute atomic E-state index is 0.771. The number of terminal acetylenes is 1. The number of hydrogen-bond acceptors (Lipinski definition) is 2. The highest BCUT2D eigenvalue weighted by Gasteiger charge is 1.94. The van der Waals surface area contributed by atoms with Crippen molar-refractivity contribution in [2.75, 3.05) is 33.2 Å². The van der Waals surface area contributed by atoms with Gasteiger partial charge in [0.1, 0.15) is 0 Å². The molecule has 0 spiro atoms. The van der Waals surface area contributed by atoms with E-state index in [-0.39, 0.29) is 0 Å². The summed E-state index contributed by atoms with van der Waals surface area (Å²) in [4.78, 5) is 2.19. The maximum Gasteiger partial charge on any atom is 0.0596 e. The number of unbranched alkanes of at least 4 members (excludes halogenated alkanes) is 2. The molecular formula is C11H22N2. The van der Waals surface area contributed by atoms with Gasteiger partial charge in [-0.15, -0.1) is 6.42 Å². The summed E-state index contributed by atoms with van der Waals surface area (Å²) in [6.45, 7) is 6.26. The predicted molar refractivity (Wildman–Crippen MR) is 58.7 cm³/mol. The Morgan fingerprint density at radius 1 is 1.31 bits per heavy atom. The average Bonchev–Trinajstić information content (AvgIpc) is 2.11. The van der Waals surface area contributed by atoms with Gasteiger partial charge in [0, 0.05) is 0 Å². The van der Waals surface area contributed by atoms with Gasteiger partial charge >= 0.3 is 0 Å². The molecule has 0 radical (unpaired) electrons. The Labute approximate surface area is 82.7 Å². The van der Waals surface area contributed by atoms with Crippen LogP contribution >= 0.6 is 0 Å². The fourth-order valence-electron chi connectivity index (χ4n) is 1.22. The first kappa shape index (κ1) is 12.5. The Balaban J connectivity index is 3.03. The molecule has 13 heavy (non-hydrogen) atoms. The molecule has 0 aliphatic rings. The fraction of sp³-hybridized carbons (Fsp3) is 0.818. The SMILES string of the molecule is C#CCN(C)CCCCCNCC. The molecule has 0 unspecified atom stereocenters. The number of hydrogen-bond donors (Lipinski definition) is 1. The zero-order valence-electron chi connectivity index (χ0n) is 8.97. The molecule has 1 N–H and O–H groups in total. The number of nitrogens with one attached hydrogen (secondary N) is 1. The van der Waals surface area contributed by atoms with Crippen LogP contribution in [0.15, 0.2) is 0 Å². The van der Waals surface area contributed by atoms with Gasteiger partial charge in [0.15, 0.2) is 0 Å². The largest absolute Gasteiger partial charge is 0.317 e. The van der Waals surface area contributed by atoms with E-state index in [1.807, 2.05) is 0 Å². The quantitative estimate of drug-likeness (QED) is 0.450. The molecule has 0 bridgehead atoms. The van der Waals surface area contributed by atoms with Crippen LogP contribution in [-0.2, 0) is 0 Å². The summed E-state index contributed by atoms with van der Waals surface area (Å²) in [6, 6.07) is 0. The standard InChI is InChI=1S/C11H22N2/c1-4-10-13(3)11-8-6-7-9-12-5-2/h1,12H,5-11H2,2-3H3. The Morgan fingerprint density at radius 2 is 2.08 bits per heavy atom. The zero-order chi connectivity index (χ0) is 9.94. The first-order chi connectivity index (χ1) is 6.31. The molecule has 0 atom stereocenters. The average molecular weight is 182 g/mol. The lowest BCUT2D eigenvalue weighted by atomic mass is 10.2. The molecule has 0 aromatic carbocycles. The van der Waals surface area contributed by atoms with Gasteiger partial charge in [0.05, 0.1) is 6.54 Å². The summed E-state index contributed by atoms with van der Waals surface area (Å²) in [6.07, 6.45) is 9.02. The third-order valence-electron chi connectivity index (χ3n) is 2.00. The molecule has 0 aliphatic heterocycles. The molecule has 0 aliphatic carbocycles. The first-order valence-electron chi connectivity index (χ1n) is 5.14. The van der Waals surface area contributed by atoms with Crippen molar-refractivity contribution in [2.45, 2.75) is 26.2 Å². The van der Waals surface area contributed by atoms with Crippen LogP contribution in [0, 0.1) is 12.3 Å². The van der Waals surface area contributed by atoms with Crippen molar-refractivity contribution in [3.8, 4) is 12.3 Å². The van der Waals surface area contributed by atoms with Crippen LogP contribution in [0.1, 0.15) is 26.2 Å². The van der Waals surface area contributed by atoms with Gasteiger partial charge < -0.3 is 5.32 Å². The molecular weight excluding hydrogens is 160 g/mol. The van der Waals surface area contributed by atoms with Gasteiger partial charge in [0.2, 0.25) is 0 Å². The van der Waals surface area contributed by atoms with E-state index >= 15 is 0 Å². The van der Waals surface area contributed by atoms with E-state index in [1.54, 1.807) is 0 Å². The summed E-state index contributed by atoms with van der Waals surface area (Å²) < 4.78 is 0. The summed E-state index contributed by atoms with van der Waals surface area (Å²) in [5.74, 6) is 2.64. The van der Waals surface area contributed by atoms with Gasteiger partial charge in [0.25, 0.3) is 0 Å². The molecule has 0 aromatic heterocycles. The number of rotatable bonds is 8. The Bertz CT molecular complexity index is 138. The van der Waals surface area contributed by atoms with Gasteiger partial charge in [-0.05, 0) is 39.5 Å². The highest BCUT2D eigenvalue weighted by atomic mass is 15.1. The van der Waals surface area contributed by atoms with Crippen molar-refractivity contribution >= 4 is 0 Å². The third-order valence-corrected chi connectivity index (χ3v) is 2.00. The monoisotopic (exact) mass is 182 g/mol. The minimum atomic E-state index is 0.771. The summed E-state index contributed by atoms with van der Waals surface area (Å²) >= 11 is 0. The van der Waals surface area contributed by atoms with Gasteiger partial charge in [-0.1, -0.05) is 19.3 Å². The maximum absolute atomic E-state index is 5.20. The van der Waals surface area contributed by atoms with E-state index in [0.29, 0.717) is 0 Å². The molecule has 0 saturated carbocycles. The van der Waals surface area contributed by atoms with Crippen molar-refractivity contribution in [1.29, 1.82) is 0 Å².